The van der Waals surface area contributed by atoms with Gasteiger partial charge in [0.2, 0.25) is 35.4 Å². The zero-order chi connectivity index (χ0) is 36.6. The number of aliphatic hydroxyl groups is 1. The van der Waals surface area contributed by atoms with Gasteiger partial charge >= 0.3 is 5.97 Å². The van der Waals surface area contributed by atoms with Gasteiger partial charge in [0, 0.05) is 13.0 Å². The van der Waals surface area contributed by atoms with Gasteiger partial charge in [-0.25, -0.2) is 4.79 Å². The summed E-state index contributed by atoms with van der Waals surface area (Å²) in [7, 11) is 0. The molecule has 48 heavy (non-hydrogen) atoms. The number of nitrogens with one attached hydrogen (secondary N) is 5. The summed E-state index contributed by atoms with van der Waals surface area (Å²) in [5.74, 6) is -6.81. The molecule has 0 fully saturated rings. The Bertz CT molecular complexity index is 1320. The summed E-state index contributed by atoms with van der Waals surface area (Å²) in [6.45, 7) is 4.08. The highest BCUT2D eigenvalue weighted by Gasteiger charge is 2.32. The lowest BCUT2D eigenvalue weighted by molar-refractivity contribution is -0.143. The maximum absolute atomic E-state index is 13.0. The third kappa shape index (κ3) is 14.9. The first-order valence-electron chi connectivity index (χ1n) is 15.0. The van der Waals surface area contributed by atoms with Crippen LogP contribution in [0.2, 0.25) is 0 Å². The van der Waals surface area contributed by atoms with Crippen molar-refractivity contribution in [1.82, 2.24) is 26.6 Å². The SMILES string of the molecule is C[C@H](NC(=O)[C@H](C)NC(=O)[C@@H](NC(=O)[C@@H](N)CCCN=C(N)N)[C@@H](C)O)C(=O)N[C@@H](Cc1ccccc1)C(=O)N[C@@H](CC(N)=O)C(=O)O. The highest BCUT2D eigenvalue weighted by Crippen LogP contribution is 2.06. The molecule has 0 aliphatic rings. The number of hydrogen-bond acceptors (Lipinski definition) is 10. The molecule has 19 heteroatoms. The smallest absolute Gasteiger partial charge is 0.326 e. The number of guanidine groups is 1. The van der Waals surface area contributed by atoms with Gasteiger partial charge in [-0.2, -0.15) is 0 Å². The molecule has 0 saturated carbocycles. The average Bonchev–Trinajstić information content (AvgIpc) is 3.00. The average molecular weight is 679 g/mol. The Balaban J connectivity index is 2.88. The minimum Gasteiger partial charge on any atom is -0.480 e. The van der Waals surface area contributed by atoms with E-state index in [4.69, 9.17) is 22.9 Å². The fourth-order valence-corrected chi connectivity index (χ4v) is 4.12. The highest BCUT2D eigenvalue weighted by atomic mass is 16.4. The largest absolute Gasteiger partial charge is 0.480 e. The van der Waals surface area contributed by atoms with Crippen molar-refractivity contribution in [3.63, 3.8) is 0 Å². The monoisotopic (exact) mass is 678 g/mol. The van der Waals surface area contributed by atoms with E-state index in [1.54, 1.807) is 30.3 Å². The van der Waals surface area contributed by atoms with Crippen molar-refractivity contribution in [1.29, 1.82) is 0 Å². The van der Waals surface area contributed by atoms with E-state index in [9.17, 15) is 43.8 Å². The summed E-state index contributed by atoms with van der Waals surface area (Å²) in [4.78, 5) is 90.9. The number of aliphatic hydroxyl groups excluding tert-OH is 1. The van der Waals surface area contributed by atoms with Gasteiger partial charge in [-0.05, 0) is 39.2 Å². The topological polar surface area (TPSA) is 337 Å². The molecule has 266 valence electrons. The lowest BCUT2D eigenvalue weighted by Crippen LogP contribution is -2.60. The van der Waals surface area contributed by atoms with Crippen LogP contribution in [-0.4, -0.2) is 106 Å². The second kappa shape index (κ2) is 20.0. The number of primary amides is 1. The molecule has 6 amide bonds. The molecule has 0 aliphatic carbocycles. The van der Waals surface area contributed by atoms with E-state index in [0.29, 0.717) is 12.0 Å². The lowest BCUT2D eigenvalue weighted by Gasteiger charge is -2.25. The van der Waals surface area contributed by atoms with Crippen LogP contribution in [0.3, 0.4) is 0 Å². The molecule has 19 nitrogen and oxygen atoms in total. The van der Waals surface area contributed by atoms with Gasteiger partial charge in [-0.3, -0.25) is 33.8 Å². The van der Waals surface area contributed by atoms with Crippen molar-refractivity contribution < 1.29 is 43.8 Å². The normalized spacial score (nSPS) is 15.1. The zero-order valence-electron chi connectivity index (χ0n) is 27.0. The fraction of sp³-hybridized carbons (Fsp3) is 0.517. The van der Waals surface area contributed by atoms with Crippen molar-refractivity contribution in [2.45, 2.75) is 88.8 Å². The Morgan fingerprint density at radius 3 is 1.81 bits per heavy atom. The second-order valence-electron chi connectivity index (χ2n) is 11.1. The maximum Gasteiger partial charge on any atom is 0.326 e. The molecule has 15 N–H and O–H groups in total. The third-order valence-electron chi connectivity index (χ3n) is 6.81. The van der Waals surface area contributed by atoms with Gasteiger partial charge in [0.1, 0.15) is 30.2 Å². The predicted octanol–water partition coefficient (Wildman–Crippen LogP) is -4.59. The molecule has 1 aromatic carbocycles. The Morgan fingerprint density at radius 2 is 1.29 bits per heavy atom. The van der Waals surface area contributed by atoms with E-state index in [1.165, 1.54) is 20.8 Å². The number of nitrogens with zero attached hydrogens (tertiary/aromatic N) is 1. The van der Waals surface area contributed by atoms with Crippen LogP contribution in [0.5, 0.6) is 0 Å². The molecule has 0 bridgehead atoms. The quantitative estimate of drug-likeness (QED) is 0.0353. The molecular weight excluding hydrogens is 632 g/mol. The zero-order valence-corrected chi connectivity index (χ0v) is 27.0. The molecule has 0 aliphatic heterocycles. The Kier molecular flexibility index (Phi) is 17.0. The van der Waals surface area contributed by atoms with Gasteiger partial charge < -0.3 is 59.7 Å². The number of aliphatic imine (C=N–C) groups is 1. The van der Waals surface area contributed by atoms with E-state index in [1.807, 2.05) is 0 Å². The predicted molar refractivity (Wildman–Crippen MR) is 172 cm³/mol. The number of rotatable bonds is 20. The van der Waals surface area contributed by atoms with Gasteiger partial charge in [0.05, 0.1) is 18.6 Å². The van der Waals surface area contributed by atoms with E-state index in [-0.39, 0.29) is 25.3 Å². The Morgan fingerprint density at radius 1 is 0.750 bits per heavy atom. The van der Waals surface area contributed by atoms with Crippen molar-refractivity contribution in [2.75, 3.05) is 6.54 Å². The van der Waals surface area contributed by atoms with Crippen LogP contribution < -0.4 is 49.5 Å². The van der Waals surface area contributed by atoms with Crippen LogP contribution in [0.4, 0.5) is 0 Å². The first kappa shape index (κ1) is 40.7. The van der Waals surface area contributed by atoms with Gasteiger partial charge in [-0.1, -0.05) is 30.3 Å². The number of carbonyl (C=O) groups excluding carboxylic acids is 6. The lowest BCUT2D eigenvalue weighted by atomic mass is 10.0. The van der Waals surface area contributed by atoms with Crippen molar-refractivity contribution in [3.8, 4) is 0 Å². The van der Waals surface area contributed by atoms with E-state index in [2.05, 4.69) is 31.6 Å². The van der Waals surface area contributed by atoms with E-state index in [0.717, 1.165) is 0 Å². The fourth-order valence-electron chi connectivity index (χ4n) is 4.12. The summed E-state index contributed by atoms with van der Waals surface area (Å²) in [6.07, 6.45) is -1.58. The highest BCUT2D eigenvalue weighted by molar-refractivity contribution is 5.96. The number of carboxylic acid groups (broad SMARTS) is 1. The summed E-state index contributed by atoms with van der Waals surface area (Å²) >= 11 is 0. The molecule has 1 aromatic rings. The van der Waals surface area contributed by atoms with Gasteiger partial charge in [-0.15, -0.1) is 0 Å². The standard InChI is InChI=1S/C29H46N10O9/c1-14(36-27(46)22(16(3)40)39-25(44)18(30)10-7-11-34-29(32)33)23(42)35-15(2)24(43)37-19(12-17-8-5-4-6-9-17)26(45)38-20(28(47)48)13-21(31)41/h4-6,8-9,14-16,18-20,22,40H,7,10-13,30H2,1-3H3,(H2,31,41)(H,35,42)(H,36,46)(H,37,43)(H,38,45)(H,39,44)(H,47,48)(H4,32,33,34)/t14-,15-,16+,18-,19-,20-,22-/m0/s1. The van der Waals surface area contributed by atoms with Crippen molar-refractivity contribution in [3.05, 3.63) is 35.9 Å². The minimum atomic E-state index is -1.64. The molecule has 7 atom stereocenters. The first-order chi connectivity index (χ1) is 22.4. The van der Waals surface area contributed by atoms with E-state index >= 15 is 0 Å². The Labute approximate surface area is 277 Å². The third-order valence-corrected chi connectivity index (χ3v) is 6.81. The van der Waals surface area contributed by atoms with Crippen LogP contribution in [0.25, 0.3) is 0 Å². The molecule has 0 spiro atoms. The number of aliphatic carboxylic acids is 1. The van der Waals surface area contributed by atoms with E-state index < -0.39 is 90.2 Å². The van der Waals surface area contributed by atoms with Crippen LogP contribution in [0.1, 0.15) is 45.6 Å². The number of nitrogens with two attached hydrogens (primary N) is 4. The summed E-state index contributed by atoms with van der Waals surface area (Å²) < 4.78 is 0. The number of carboxylic acids is 1. The summed E-state index contributed by atoms with van der Waals surface area (Å²) in [5.41, 5.74) is 22.1. The number of hydrogen-bond donors (Lipinski definition) is 11. The summed E-state index contributed by atoms with van der Waals surface area (Å²) in [5, 5.41) is 31.2. The van der Waals surface area contributed by atoms with Crippen molar-refractivity contribution in [2.24, 2.45) is 27.9 Å². The van der Waals surface area contributed by atoms with Gasteiger partial charge in [0.25, 0.3) is 0 Å². The van der Waals surface area contributed by atoms with Gasteiger partial charge in [0.15, 0.2) is 5.96 Å². The molecule has 0 unspecified atom stereocenters. The molecule has 0 heterocycles. The van der Waals surface area contributed by atoms with Crippen LogP contribution in [-0.2, 0) is 40.0 Å². The Hall–Kier alpha value is -5.30. The second-order valence-corrected chi connectivity index (χ2v) is 11.1. The molecule has 0 radical (unpaired) electrons. The first-order valence-corrected chi connectivity index (χ1v) is 15.0. The van der Waals surface area contributed by atoms with Crippen LogP contribution in [0, 0.1) is 0 Å². The number of carbonyl (C=O) groups is 7. The number of benzene rings is 1. The summed E-state index contributed by atoms with van der Waals surface area (Å²) in [6, 6.07) is 0.464. The van der Waals surface area contributed by atoms with Crippen LogP contribution >= 0.6 is 0 Å². The van der Waals surface area contributed by atoms with Crippen molar-refractivity contribution >= 4 is 47.4 Å². The minimum absolute atomic E-state index is 0.0686. The number of amides is 6. The molecule has 0 saturated heterocycles. The molecule has 1 rings (SSSR count). The molecule has 0 aromatic heterocycles. The molecular formula is C29H46N10O9. The maximum atomic E-state index is 13.0. The van der Waals surface area contributed by atoms with Crippen LogP contribution in [0.15, 0.2) is 35.3 Å².